The number of Topliss-reactive ketones (excluding diaryl/α,β-unsaturated/α-hetero) is 1. The molecule has 5 rings (SSSR count). The number of hydrogen-bond acceptors (Lipinski definition) is 6. The van der Waals surface area contributed by atoms with Gasteiger partial charge in [-0.25, -0.2) is 4.79 Å². The Hall–Kier alpha value is -3.03. The zero-order valence-corrected chi connectivity index (χ0v) is 21.0. The first kappa shape index (κ1) is 22.7. The van der Waals surface area contributed by atoms with E-state index in [4.69, 9.17) is 4.42 Å². The molecule has 0 amide bonds. The van der Waals surface area contributed by atoms with Crippen LogP contribution in [0.3, 0.4) is 0 Å². The minimum Gasteiger partial charge on any atom is -0.423 e. The fourth-order valence-electron chi connectivity index (χ4n) is 4.22. The molecule has 5 nitrogen and oxygen atoms in total. The molecule has 0 unspecified atom stereocenters. The molecule has 0 saturated heterocycles. The van der Waals surface area contributed by atoms with Gasteiger partial charge in [0.1, 0.15) is 10.2 Å². The van der Waals surface area contributed by atoms with Gasteiger partial charge in [0.25, 0.3) is 5.56 Å². The maximum atomic E-state index is 13.5. The summed E-state index contributed by atoms with van der Waals surface area (Å²) in [4.78, 5) is 39.7. The van der Waals surface area contributed by atoms with Gasteiger partial charge in [-0.05, 0) is 65.6 Å². The first-order valence-corrected chi connectivity index (χ1v) is 13.0. The number of fused-ring (bicyclic) bond motifs is 2. The molecular formula is C27H25NO4S2. The standard InChI is InChI=1S/C27H25NO4S2/c1-27(2,3)23(29)14-24-28(26(31)22(34-24)13-19-8-5-9-33-19)15-18-12-25(30)32-21-11-17-7-4-6-16(17)10-20(18)21/h5,8-14H,4,6-7,15H2,1-3H3/b22-13-,24-14-. The molecule has 3 heterocycles. The molecule has 0 aliphatic heterocycles. The van der Waals surface area contributed by atoms with Gasteiger partial charge in [-0.2, -0.15) is 0 Å². The fraction of sp³-hybridized carbons (Fsp3) is 0.296. The molecule has 4 aromatic rings. The Kier molecular flexibility index (Phi) is 5.78. The van der Waals surface area contributed by atoms with Crippen LogP contribution in [0, 0.1) is 5.41 Å². The Morgan fingerprint density at radius 3 is 2.62 bits per heavy atom. The van der Waals surface area contributed by atoms with Crippen molar-refractivity contribution in [1.29, 1.82) is 0 Å². The third kappa shape index (κ3) is 4.38. The van der Waals surface area contributed by atoms with Crippen molar-refractivity contribution in [3.63, 3.8) is 0 Å². The number of hydrogen-bond donors (Lipinski definition) is 0. The molecule has 0 bridgehead atoms. The van der Waals surface area contributed by atoms with E-state index in [1.165, 1.54) is 28.5 Å². The van der Waals surface area contributed by atoms with Crippen molar-refractivity contribution >= 4 is 51.6 Å². The van der Waals surface area contributed by atoms with Crippen LogP contribution in [0.1, 0.15) is 48.8 Å². The number of thiophene rings is 1. The van der Waals surface area contributed by atoms with E-state index in [-0.39, 0.29) is 17.9 Å². The molecule has 7 heteroatoms. The lowest BCUT2D eigenvalue weighted by Gasteiger charge is -2.13. The lowest BCUT2D eigenvalue weighted by atomic mass is 9.91. The van der Waals surface area contributed by atoms with Crippen LogP contribution in [0.25, 0.3) is 23.1 Å². The van der Waals surface area contributed by atoms with E-state index >= 15 is 0 Å². The van der Waals surface area contributed by atoms with Crippen molar-refractivity contribution in [2.75, 3.05) is 0 Å². The third-order valence-corrected chi connectivity index (χ3v) is 8.00. The molecule has 1 aliphatic carbocycles. The lowest BCUT2D eigenvalue weighted by Crippen LogP contribution is -2.33. The topological polar surface area (TPSA) is 69.3 Å². The van der Waals surface area contributed by atoms with Gasteiger partial charge in [0.05, 0.1) is 11.1 Å². The van der Waals surface area contributed by atoms with Gasteiger partial charge >= 0.3 is 5.63 Å². The summed E-state index contributed by atoms with van der Waals surface area (Å²) in [5.41, 5.74) is 2.58. The van der Waals surface area contributed by atoms with Gasteiger partial charge < -0.3 is 4.42 Å². The Bertz CT molecular complexity index is 1640. The number of carbonyl (C=O) groups excluding carboxylic acids is 1. The van der Waals surface area contributed by atoms with Crippen LogP contribution in [0.4, 0.5) is 0 Å². The van der Waals surface area contributed by atoms with Crippen LogP contribution in [0.5, 0.6) is 0 Å². The number of ketones is 1. The number of rotatable bonds is 4. The van der Waals surface area contributed by atoms with E-state index < -0.39 is 11.0 Å². The Balaban J connectivity index is 1.71. The average molecular weight is 492 g/mol. The van der Waals surface area contributed by atoms with Crippen molar-refractivity contribution in [2.45, 2.75) is 46.6 Å². The Morgan fingerprint density at radius 2 is 1.91 bits per heavy atom. The summed E-state index contributed by atoms with van der Waals surface area (Å²) in [5.74, 6) is -0.0552. The molecule has 0 fully saturated rings. The molecule has 3 aromatic heterocycles. The highest BCUT2D eigenvalue weighted by Crippen LogP contribution is 2.28. The quantitative estimate of drug-likeness (QED) is 0.407. The largest absolute Gasteiger partial charge is 0.423 e. The van der Waals surface area contributed by atoms with Crippen molar-refractivity contribution < 1.29 is 9.21 Å². The van der Waals surface area contributed by atoms with Crippen LogP contribution in [-0.2, 0) is 24.2 Å². The Labute approximate surface area is 204 Å². The monoisotopic (exact) mass is 491 g/mol. The molecule has 1 aromatic carbocycles. The average Bonchev–Trinajstić information content (AvgIpc) is 3.50. The summed E-state index contributed by atoms with van der Waals surface area (Å²) in [7, 11) is 0. The van der Waals surface area contributed by atoms with Gasteiger partial charge in [0.15, 0.2) is 5.78 Å². The van der Waals surface area contributed by atoms with Gasteiger partial charge in [-0.15, -0.1) is 22.7 Å². The number of thiazole rings is 1. The molecule has 0 saturated carbocycles. The predicted octanol–water partition coefficient (Wildman–Crippen LogP) is 3.84. The molecule has 0 N–H and O–H groups in total. The van der Waals surface area contributed by atoms with Crippen LogP contribution >= 0.6 is 22.7 Å². The summed E-state index contributed by atoms with van der Waals surface area (Å²) < 4.78 is 8.25. The SMILES string of the molecule is CC(C)(C)C(=O)/C=c1\s/c(=C\c2cccs2)c(=O)n1Cc1cc(=O)oc2cc3c(cc12)CCC3. The molecule has 0 spiro atoms. The van der Waals surface area contributed by atoms with E-state index in [0.717, 1.165) is 35.1 Å². The van der Waals surface area contributed by atoms with Gasteiger partial charge in [-0.1, -0.05) is 26.8 Å². The number of aryl methyl sites for hydroxylation is 2. The maximum absolute atomic E-state index is 13.5. The summed E-state index contributed by atoms with van der Waals surface area (Å²) in [6, 6.07) is 9.41. The zero-order valence-electron chi connectivity index (χ0n) is 19.3. The van der Waals surface area contributed by atoms with Crippen molar-refractivity contribution in [2.24, 2.45) is 5.41 Å². The summed E-state index contributed by atoms with van der Waals surface area (Å²) in [5, 5.41) is 2.80. The smallest absolute Gasteiger partial charge is 0.336 e. The van der Waals surface area contributed by atoms with Crippen LogP contribution in [0.2, 0.25) is 0 Å². The summed E-state index contributed by atoms with van der Waals surface area (Å²) >= 11 is 2.85. The van der Waals surface area contributed by atoms with Gasteiger partial charge in [0, 0.05) is 27.8 Å². The molecule has 174 valence electrons. The highest BCUT2D eigenvalue weighted by Gasteiger charge is 2.20. The normalized spacial score (nSPS) is 14.8. The molecule has 0 atom stereocenters. The van der Waals surface area contributed by atoms with E-state index in [2.05, 4.69) is 6.07 Å². The third-order valence-electron chi connectivity index (χ3n) is 6.12. The van der Waals surface area contributed by atoms with Crippen molar-refractivity contribution in [3.8, 4) is 0 Å². The molecule has 34 heavy (non-hydrogen) atoms. The predicted molar refractivity (Wildman–Crippen MR) is 138 cm³/mol. The number of nitrogens with zero attached hydrogens (tertiary/aromatic N) is 1. The zero-order chi connectivity index (χ0) is 24.0. The number of aromatic nitrogens is 1. The summed E-state index contributed by atoms with van der Waals surface area (Å²) in [6.45, 7) is 5.77. The molecule has 0 radical (unpaired) electrons. The first-order valence-electron chi connectivity index (χ1n) is 11.3. The fourth-order valence-corrected chi connectivity index (χ4v) is 5.98. The Morgan fingerprint density at radius 1 is 1.15 bits per heavy atom. The van der Waals surface area contributed by atoms with Gasteiger partial charge in [-0.3, -0.25) is 14.2 Å². The minimum absolute atomic E-state index is 0.0552. The number of benzene rings is 1. The highest BCUT2D eigenvalue weighted by atomic mass is 32.1. The number of carbonyl (C=O) groups is 1. The van der Waals surface area contributed by atoms with E-state index in [1.54, 1.807) is 22.0 Å². The molecular weight excluding hydrogens is 466 g/mol. The minimum atomic E-state index is -0.566. The second kappa shape index (κ2) is 8.64. The second-order valence-corrected chi connectivity index (χ2v) is 11.7. The van der Waals surface area contributed by atoms with E-state index in [9.17, 15) is 14.4 Å². The summed E-state index contributed by atoms with van der Waals surface area (Å²) in [6.07, 6.45) is 6.49. The van der Waals surface area contributed by atoms with Crippen molar-refractivity contribution in [3.05, 3.63) is 87.2 Å². The van der Waals surface area contributed by atoms with Crippen LogP contribution in [-0.4, -0.2) is 10.4 Å². The van der Waals surface area contributed by atoms with Crippen molar-refractivity contribution in [1.82, 2.24) is 4.57 Å². The van der Waals surface area contributed by atoms with E-state index in [1.807, 2.05) is 50.4 Å². The maximum Gasteiger partial charge on any atom is 0.336 e. The second-order valence-electron chi connectivity index (χ2n) is 9.68. The molecule has 1 aliphatic rings. The first-order chi connectivity index (χ1) is 16.2. The van der Waals surface area contributed by atoms with Gasteiger partial charge in [0.2, 0.25) is 0 Å². The van der Waals surface area contributed by atoms with E-state index in [0.29, 0.717) is 14.8 Å². The van der Waals surface area contributed by atoms with Crippen LogP contribution < -0.4 is 20.4 Å². The highest BCUT2D eigenvalue weighted by molar-refractivity contribution is 7.11. The lowest BCUT2D eigenvalue weighted by molar-refractivity contribution is -0.120. The van der Waals surface area contributed by atoms with Crippen LogP contribution in [0.15, 0.2) is 49.7 Å².